The molecule has 3 saturated carbocycles. The topological polar surface area (TPSA) is 282 Å². The molecule has 1 aromatic carbocycles. The van der Waals surface area contributed by atoms with E-state index in [-0.39, 0.29) is 112 Å². The molecule has 3 N–H and O–H groups in total. The second kappa shape index (κ2) is 34.7. The van der Waals surface area contributed by atoms with Crippen LogP contribution in [0.3, 0.4) is 0 Å². The quantitative estimate of drug-likeness (QED) is 0.0166. The predicted octanol–water partition coefficient (Wildman–Crippen LogP) is 11.6. The van der Waals surface area contributed by atoms with Gasteiger partial charge in [-0.15, -0.1) is 0 Å². The van der Waals surface area contributed by atoms with E-state index >= 15 is 0 Å². The summed E-state index contributed by atoms with van der Waals surface area (Å²) in [6.45, 7) is 26.3. The molecule has 12 aliphatic rings. The highest BCUT2D eigenvalue weighted by Gasteiger charge is 2.75. The Morgan fingerprint density at radius 3 is 1.48 bits per heavy atom. The van der Waals surface area contributed by atoms with Gasteiger partial charge in [0.15, 0.2) is 0 Å². The predicted molar refractivity (Wildman–Crippen MR) is 390 cm³/mol. The number of methoxy groups -OCH3 is 3. The van der Waals surface area contributed by atoms with Crippen LogP contribution in [0.5, 0.6) is 5.75 Å². The van der Waals surface area contributed by atoms with Gasteiger partial charge in [-0.1, -0.05) is 49.3 Å². The zero-order valence-corrected chi connectivity index (χ0v) is 64.7. The number of alkyl carbamates (subject to hydrolysis) is 1. The Balaban J connectivity index is 0.000000156. The van der Waals surface area contributed by atoms with Gasteiger partial charge in [0, 0.05) is 64.6 Å². The number of carbonyl (C=O) groups is 3. The summed E-state index contributed by atoms with van der Waals surface area (Å²) in [7, 11) is 11.6. The maximum Gasteiger partial charge on any atom is 0.514 e. The molecule has 24 heteroatoms. The number of nitrogens with zero attached hydrogens (tertiary/aromatic N) is 4. The zero-order chi connectivity index (χ0) is 74.2. The molecule has 103 heavy (non-hydrogen) atoms. The van der Waals surface area contributed by atoms with Crippen LogP contribution in [-0.2, 0) is 61.6 Å². The van der Waals surface area contributed by atoms with Gasteiger partial charge in [-0.3, -0.25) is 14.9 Å². The molecule has 9 aliphatic heterocycles. The first-order chi connectivity index (χ1) is 49.1. The summed E-state index contributed by atoms with van der Waals surface area (Å²) in [5.74, 6) is 0.526. The number of rotatable bonds is 26. The number of nitro groups is 1. The first-order valence-corrected chi connectivity index (χ1v) is 38.7. The number of benzene rings is 1. The third kappa shape index (κ3) is 19.8. The van der Waals surface area contributed by atoms with E-state index in [4.69, 9.17) is 67.3 Å². The van der Waals surface area contributed by atoms with Crippen molar-refractivity contribution in [2.45, 2.75) is 291 Å². The summed E-state index contributed by atoms with van der Waals surface area (Å²) in [6.07, 6.45) is 24.5. The molecule has 3 spiro atoms. The van der Waals surface area contributed by atoms with Crippen LogP contribution in [-0.4, -0.2) is 240 Å². The lowest BCUT2D eigenvalue weighted by Gasteiger charge is -2.42. The Labute approximate surface area is 613 Å². The number of allylic oxidation sites excluding steroid dienone is 3. The summed E-state index contributed by atoms with van der Waals surface area (Å²) in [5, 5.41) is 13.7. The Morgan fingerprint density at radius 1 is 0.631 bits per heavy atom. The molecular formula is C79H126N6O18. The van der Waals surface area contributed by atoms with Gasteiger partial charge in [-0.05, 0) is 229 Å². The van der Waals surface area contributed by atoms with Crippen LogP contribution >= 0.6 is 0 Å². The number of non-ortho nitro benzene ring substituents is 1. The van der Waals surface area contributed by atoms with Crippen molar-refractivity contribution in [3.63, 3.8) is 0 Å². The van der Waals surface area contributed by atoms with Crippen LogP contribution in [0, 0.1) is 33.8 Å². The molecule has 5 unspecified atom stereocenters. The Hall–Kier alpha value is -4.67. The van der Waals surface area contributed by atoms with Crippen LogP contribution in [0.15, 0.2) is 59.7 Å². The van der Waals surface area contributed by atoms with Crippen molar-refractivity contribution in [1.82, 2.24) is 20.0 Å². The number of hydrogen-bond acceptors (Lipinski definition) is 22. The highest BCUT2D eigenvalue weighted by atomic mass is 16.7. The van der Waals surface area contributed by atoms with Crippen LogP contribution in [0.1, 0.15) is 184 Å². The highest BCUT2D eigenvalue weighted by Crippen LogP contribution is 2.62. The lowest BCUT2D eigenvalue weighted by molar-refractivity contribution is -0.384. The lowest BCUT2D eigenvalue weighted by Crippen LogP contribution is -2.56. The van der Waals surface area contributed by atoms with E-state index in [2.05, 4.69) is 128 Å². The van der Waals surface area contributed by atoms with E-state index in [1.807, 2.05) is 0 Å². The fourth-order valence-electron chi connectivity index (χ4n) is 18.4. The smallest absolute Gasteiger partial charge is 0.460 e. The van der Waals surface area contributed by atoms with Crippen molar-refractivity contribution >= 4 is 23.9 Å². The number of esters is 1. The number of nitro benzene ring substituents is 1. The summed E-state index contributed by atoms with van der Waals surface area (Å²) < 4.78 is 76.9. The maximum atomic E-state index is 12.7. The Morgan fingerprint density at radius 2 is 1.07 bits per heavy atom. The van der Waals surface area contributed by atoms with Gasteiger partial charge >= 0.3 is 18.2 Å². The Bertz CT molecular complexity index is 2960. The first kappa shape index (κ1) is 80.9. The second-order valence-electron chi connectivity index (χ2n) is 32.9. The standard InChI is InChI=1S/C25H41NO5.C24H40N2O5.C23H29NO8.C7H16N2/c1-17(2)11-12-20-24(3,31-20)23-22(28-5)19(13-14-25(23)16-29-25)30-21(27)10-6-8-18-9-7-15-26(18)4;1-16(2)8-9-19-23(3,31-19)21-20(28-5)18(10-12-24(21)15-29-24)30-22(27)25-13-11-17-7-6-14-26(17)4;1-14(2)5-10-18-22(3,32-18)20-19(28-4)17(11-12-23(20)13-29-23)31-21(25)30-16-8-6-15(7-9-16)24(26)27;1-9-6-2-3-7(9)4-5-8/h11,18-20,22-23H,6-10,12-16H2,1-5H3;8,17-21H,6-7,9-15H2,1-5H3,(H,25,27);5-10,14,17-20H,11-13H2,1-4H3;7H,2-6,8H2,1H3/b;;10-5+;/t18?,19-,20-,22-,23-,24+,25+;17?,18-,19-,20-,21?,23+,24+;17-,18-,19-,20?,22+,23+;/m111./s1. The molecule has 0 bridgehead atoms. The van der Waals surface area contributed by atoms with Crippen molar-refractivity contribution in [2.75, 3.05) is 95.0 Å². The third-order valence-electron chi connectivity index (χ3n) is 24.8. The van der Waals surface area contributed by atoms with E-state index in [0.29, 0.717) is 44.0 Å². The summed E-state index contributed by atoms with van der Waals surface area (Å²) >= 11 is 0. The van der Waals surface area contributed by atoms with Gasteiger partial charge in [-0.2, -0.15) is 0 Å². The normalized spacial score (nSPS) is 38.9. The van der Waals surface area contributed by atoms with Gasteiger partial charge in [0.25, 0.3) is 5.69 Å². The highest BCUT2D eigenvalue weighted by molar-refractivity contribution is 5.69. The van der Waals surface area contributed by atoms with Crippen LogP contribution in [0.2, 0.25) is 0 Å². The van der Waals surface area contributed by atoms with E-state index in [1.165, 1.54) is 93.4 Å². The molecule has 0 aromatic heterocycles. The van der Waals surface area contributed by atoms with Crippen LogP contribution in [0.25, 0.3) is 0 Å². The molecule has 3 aliphatic carbocycles. The molecule has 12 fully saturated rings. The molecule has 9 heterocycles. The molecule has 1 amide bonds. The molecular weight excluding hydrogens is 1320 g/mol. The molecule has 0 radical (unpaired) electrons. The Kier molecular flexibility index (Phi) is 27.2. The minimum atomic E-state index is -0.879. The zero-order valence-electron chi connectivity index (χ0n) is 64.7. The van der Waals surface area contributed by atoms with E-state index in [9.17, 15) is 24.5 Å². The monoisotopic (exact) mass is 1450 g/mol. The molecule has 13 rings (SSSR count). The first-order valence-electron chi connectivity index (χ1n) is 38.7. The number of nitrogens with two attached hydrogens (primary N) is 1. The summed E-state index contributed by atoms with van der Waals surface area (Å²) in [4.78, 5) is 55.1. The summed E-state index contributed by atoms with van der Waals surface area (Å²) in [6, 6.07) is 7.21. The van der Waals surface area contributed by atoms with E-state index in [0.717, 1.165) is 96.6 Å². The fraction of sp³-hybridized carbons (Fsp3) is 0.810. The number of epoxide rings is 6. The van der Waals surface area contributed by atoms with Crippen LogP contribution < -0.4 is 15.8 Å². The van der Waals surface area contributed by atoms with E-state index < -0.39 is 28.9 Å². The van der Waals surface area contributed by atoms with E-state index in [1.54, 1.807) is 21.3 Å². The van der Waals surface area contributed by atoms with Gasteiger partial charge in [0.05, 0.1) is 54.7 Å². The second-order valence-corrected chi connectivity index (χ2v) is 32.9. The molecule has 580 valence electrons. The molecule has 21 atom stereocenters. The summed E-state index contributed by atoms with van der Waals surface area (Å²) in [5.41, 5.74) is 6.19. The number of likely N-dealkylation sites (tertiary alicyclic amines) is 3. The van der Waals surface area contributed by atoms with Crippen molar-refractivity contribution in [3.05, 3.63) is 69.8 Å². The molecule has 9 saturated heterocycles. The SMILES string of the molecule is CN1CCCC1CCN.CO[C@@H]1[C@H](OC(=O)CCCC2CCCN2C)CC[C@]2(CO2)[C@H]1[C@@]1(C)O[C@@H]1CC=C(C)C.CO[C@H]1C([C@@]2(C)O[C@@H]2/C=C/C(C)C)[C@]2(CC[C@H]1OC(=O)Oc1ccc([N+](=O)[O-])cc1)CO2.CO[C@H]1C([C@@]2(C)O[C@@H]2CC=C(C)C)[C@]2(CC[C@H]1OC(=O)NCCC1CCCN1C)CO2. The minimum absolute atomic E-state index is 0.0422. The molecule has 1 aromatic rings. The minimum Gasteiger partial charge on any atom is -0.460 e. The number of ether oxygens (including phenoxy) is 13. The van der Waals surface area contributed by atoms with Crippen molar-refractivity contribution in [1.29, 1.82) is 0 Å². The number of hydrogen-bond donors (Lipinski definition) is 2. The van der Waals surface area contributed by atoms with Gasteiger partial charge in [-0.25, -0.2) is 9.59 Å². The third-order valence-corrected chi connectivity index (χ3v) is 24.8. The average Bonchev–Trinajstić information content (AvgIpc) is 1.55. The van der Waals surface area contributed by atoms with Gasteiger partial charge < -0.3 is 87.3 Å². The van der Waals surface area contributed by atoms with Crippen molar-refractivity contribution < 1.29 is 80.9 Å². The van der Waals surface area contributed by atoms with Crippen molar-refractivity contribution in [2.24, 2.45) is 29.4 Å². The van der Waals surface area contributed by atoms with Gasteiger partial charge in [0.2, 0.25) is 0 Å². The van der Waals surface area contributed by atoms with Crippen LogP contribution in [0.4, 0.5) is 15.3 Å². The average molecular weight is 1450 g/mol. The number of amides is 1. The molecule has 24 nitrogen and oxygen atoms in total. The maximum absolute atomic E-state index is 12.7. The number of carbonyl (C=O) groups excluding carboxylic acids is 3. The van der Waals surface area contributed by atoms with Gasteiger partial charge in [0.1, 0.15) is 82.1 Å². The largest absolute Gasteiger partial charge is 0.514 e. The van der Waals surface area contributed by atoms with Crippen molar-refractivity contribution in [3.8, 4) is 5.75 Å². The lowest BCUT2D eigenvalue weighted by atomic mass is 9.68. The number of nitrogens with one attached hydrogen (secondary N) is 1. The fourth-order valence-corrected chi connectivity index (χ4v) is 18.4.